The molecule has 1 aliphatic rings. The molecule has 1 amide bonds. The lowest BCUT2D eigenvalue weighted by Crippen LogP contribution is -2.34. The number of nitriles is 2. The summed E-state index contributed by atoms with van der Waals surface area (Å²) in [5.41, 5.74) is 1.01. The Balaban J connectivity index is 0.00000462. The zero-order valence-corrected chi connectivity index (χ0v) is 25.2. The number of carbonyl (C=O) groups excluding carboxylic acids is 1. The van der Waals surface area contributed by atoms with E-state index in [-0.39, 0.29) is 49.1 Å². The van der Waals surface area contributed by atoms with Crippen LogP contribution in [0, 0.1) is 22.7 Å². The Morgan fingerprint density at radius 3 is 2.17 bits per heavy atom. The largest absolute Gasteiger partial charge is 0.486 e. The van der Waals surface area contributed by atoms with Crippen LogP contribution < -0.4 is 14.4 Å². The molecular formula is C27H31ClN6O5S2. The number of thiazole rings is 1. The second-order valence-electron chi connectivity index (χ2n) is 9.32. The number of nitrogens with zero attached hydrogens (tertiary/aromatic N) is 6. The number of carbonyl (C=O) groups is 1. The van der Waals surface area contributed by atoms with Gasteiger partial charge in [-0.25, -0.2) is 13.4 Å². The molecule has 0 bridgehead atoms. The molecule has 41 heavy (non-hydrogen) atoms. The number of rotatable bonds is 12. The van der Waals surface area contributed by atoms with E-state index in [2.05, 4.69) is 0 Å². The van der Waals surface area contributed by atoms with Crippen LogP contribution in [0.5, 0.6) is 11.5 Å². The minimum atomic E-state index is -3.94. The second kappa shape index (κ2) is 14.4. The third kappa shape index (κ3) is 7.64. The fourth-order valence-electron chi connectivity index (χ4n) is 4.17. The summed E-state index contributed by atoms with van der Waals surface area (Å²) in [6, 6.07) is 13.3. The van der Waals surface area contributed by atoms with E-state index in [1.807, 2.05) is 43.3 Å². The van der Waals surface area contributed by atoms with Crippen molar-refractivity contribution in [3.8, 4) is 23.6 Å². The van der Waals surface area contributed by atoms with Gasteiger partial charge < -0.3 is 14.4 Å². The molecule has 0 spiro atoms. The average Bonchev–Trinajstić information content (AvgIpc) is 3.36. The first-order chi connectivity index (χ1) is 19.2. The van der Waals surface area contributed by atoms with Crippen LogP contribution >= 0.6 is 23.7 Å². The van der Waals surface area contributed by atoms with Crippen LogP contribution in [0.4, 0.5) is 5.13 Å². The van der Waals surface area contributed by atoms with Gasteiger partial charge in [-0.15, -0.1) is 12.4 Å². The molecule has 2 aromatic carbocycles. The van der Waals surface area contributed by atoms with E-state index < -0.39 is 10.0 Å². The maximum atomic E-state index is 13.7. The molecule has 0 atom stereocenters. The molecule has 14 heteroatoms. The lowest BCUT2D eigenvalue weighted by molar-refractivity contribution is 0.0986. The van der Waals surface area contributed by atoms with E-state index in [1.54, 1.807) is 4.90 Å². The summed E-state index contributed by atoms with van der Waals surface area (Å²) < 4.78 is 39.7. The number of ether oxygens (including phenoxy) is 2. The number of hydrogen-bond acceptors (Lipinski definition) is 10. The van der Waals surface area contributed by atoms with Gasteiger partial charge in [-0.2, -0.15) is 14.8 Å². The van der Waals surface area contributed by atoms with Crippen molar-refractivity contribution in [1.82, 2.24) is 14.2 Å². The Morgan fingerprint density at radius 2 is 1.59 bits per heavy atom. The molecule has 4 rings (SSSR count). The van der Waals surface area contributed by atoms with Gasteiger partial charge >= 0.3 is 0 Å². The molecule has 0 radical (unpaired) electrons. The number of sulfonamides is 1. The first kappa shape index (κ1) is 32.1. The maximum absolute atomic E-state index is 13.7. The van der Waals surface area contributed by atoms with Crippen molar-refractivity contribution >= 4 is 55.0 Å². The van der Waals surface area contributed by atoms with E-state index in [1.165, 1.54) is 35.6 Å². The van der Waals surface area contributed by atoms with Crippen LogP contribution in [0.2, 0.25) is 0 Å². The van der Waals surface area contributed by atoms with Crippen molar-refractivity contribution in [2.45, 2.75) is 24.2 Å². The quantitative estimate of drug-likeness (QED) is 0.295. The fraction of sp³-hybridized carbons (Fsp3) is 0.407. The molecule has 0 unspecified atom stereocenters. The van der Waals surface area contributed by atoms with Crippen molar-refractivity contribution in [1.29, 1.82) is 10.5 Å². The molecule has 1 aliphatic heterocycles. The molecule has 0 N–H and O–H groups in total. The Bertz CT molecular complexity index is 1490. The first-order valence-electron chi connectivity index (χ1n) is 12.8. The summed E-state index contributed by atoms with van der Waals surface area (Å²) in [6.45, 7) is 2.09. The van der Waals surface area contributed by atoms with Gasteiger partial charge in [0.25, 0.3) is 5.91 Å². The fourth-order valence-corrected chi connectivity index (χ4v) is 6.61. The van der Waals surface area contributed by atoms with Crippen LogP contribution in [-0.4, -0.2) is 82.0 Å². The summed E-state index contributed by atoms with van der Waals surface area (Å²) in [7, 11) is -0.0182. The second-order valence-corrected chi connectivity index (χ2v) is 12.3. The van der Waals surface area contributed by atoms with Crippen molar-refractivity contribution < 1.29 is 22.7 Å². The number of hydrogen-bond donors (Lipinski definition) is 0. The molecule has 11 nitrogen and oxygen atoms in total. The summed E-state index contributed by atoms with van der Waals surface area (Å²) in [5.74, 6) is 0.969. The van der Waals surface area contributed by atoms with E-state index in [4.69, 9.17) is 25.0 Å². The summed E-state index contributed by atoms with van der Waals surface area (Å²) in [6.07, 6.45) is 0.718. The molecule has 2 heterocycles. The highest BCUT2D eigenvalue weighted by atomic mass is 35.5. The zero-order valence-electron chi connectivity index (χ0n) is 22.8. The Hall–Kier alpha value is -3.46. The third-order valence-corrected chi connectivity index (χ3v) is 9.14. The van der Waals surface area contributed by atoms with Gasteiger partial charge in [-0.1, -0.05) is 11.3 Å². The molecule has 0 fully saturated rings. The highest BCUT2D eigenvalue weighted by Gasteiger charge is 2.26. The molecular weight excluding hydrogens is 588 g/mol. The van der Waals surface area contributed by atoms with E-state index >= 15 is 0 Å². The lowest BCUT2D eigenvalue weighted by Gasteiger charge is -2.22. The smallest absolute Gasteiger partial charge is 0.260 e. The monoisotopic (exact) mass is 618 g/mol. The minimum Gasteiger partial charge on any atom is -0.486 e. The van der Waals surface area contributed by atoms with E-state index in [0.717, 1.165) is 15.5 Å². The topological polar surface area (TPSA) is 140 Å². The highest BCUT2D eigenvalue weighted by molar-refractivity contribution is 7.89. The van der Waals surface area contributed by atoms with Gasteiger partial charge in [0.05, 0.1) is 27.3 Å². The number of amides is 1. The molecule has 218 valence electrons. The SMILES string of the molecule is CN(C)CCCN(C(=O)c1ccc(S(=O)(=O)N(CCC#N)CCC#N)cc1)c1nc2cc3c(cc2s1)OCCO3.Cl. The average molecular weight is 619 g/mol. The van der Waals surface area contributed by atoms with E-state index in [9.17, 15) is 13.2 Å². The van der Waals surface area contributed by atoms with Gasteiger partial charge in [0.1, 0.15) is 13.2 Å². The van der Waals surface area contributed by atoms with Gasteiger partial charge in [-0.05, 0) is 51.3 Å². The summed E-state index contributed by atoms with van der Waals surface area (Å²) >= 11 is 1.38. The van der Waals surface area contributed by atoms with Crippen molar-refractivity contribution in [2.24, 2.45) is 0 Å². The minimum absolute atomic E-state index is 0. The molecule has 0 saturated heterocycles. The number of fused-ring (bicyclic) bond motifs is 2. The number of anilines is 1. The van der Waals surface area contributed by atoms with Gasteiger partial charge in [0.15, 0.2) is 16.6 Å². The van der Waals surface area contributed by atoms with E-state index in [0.29, 0.717) is 53.9 Å². The van der Waals surface area contributed by atoms with Gasteiger partial charge in [0, 0.05) is 50.2 Å². The van der Waals surface area contributed by atoms with Gasteiger partial charge in [0.2, 0.25) is 10.0 Å². The normalized spacial score (nSPS) is 12.5. The van der Waals surface area contributed by atoms with Crippen LogP contribution in [0.3, 0.4) is 0 Å². The Kier molecular flexibility index (Phi) is 11.3. The van der Waals surface area contributed by atoms with Crippen LogP contribution in [0.25, 0.3) is 10.2 Å². The van der Waals surface area contributed by atoms with Crippen LogP contribution in [-0.2, 0) is 10.0 Å². The molecule has 0 saturated carbocycles. The van der Waals surface area contributed by atoms with Crippen LogP contribution in [0.15, 0.2) is 41.3 Å². The molecule has 1 aromatic heterocycles. The zero-order chi connectivity index (χ0) is 28.7. The van der Waals surface area contributed by atoms with Crippen molar-refractivity contribution in [3.63, 3.8) is 0 Å². The molecule has 3 aromatic rings. The predicted octanol–water partition coefficient (Wildman–Crippen LogP) is 3.91. The standard InChI is InChI=1S/C27H30N6O5S2.ClH/c1-31(2)12-5-15-33(27-30-22-18-23-24(19-25(22)39-27)38-17-16-37-23)26(34)20-6-8-21(9-7-20)40(35,36)32(13-3-10-28)14-4-11-29;/h6-9,18-19H,3-5,12-17H2,1-2H3;1H. The molecule has 0 aliphatic carbocycles. The summed E-state index contributed by atoms with van der Waals surface area (Å²) in [5, 5.41) is 18.4. The lowest BCUT2D eigenvalue weighted by atomic mass is 10.2. The number of aromatic nitrogens is 1. The predicted molar refractivity (Wildman–Crippen MR) is 158 cm³/mol. The van der Waals surface area contributed by atoms with Crippen molar-refractivity contribution in [2.75, 3.05) is 58.4 Å². The maximum Gasteiger partial charge on any atom is 0.260 e. The van der Waals surface area contributed by atoms with Crippen molar-refractivity contribution in [3.05, 3.63) is 42.0 Å². The van der Waals surface area contributed by atoms with Gasteiger partial charge in [-0.3, -0.25) is 9.69 Å². The summed E-state index contributed by atoms with van der Waals surface area (Å²) in [4.78, 5) is 22.1. The highest BCUT2D eigenvalue weighted by Crippen LogP contribution is 2.39. The number of halogens is 1. The Labute approximate surface area is 250 Å². The van der Waals surface area contributed by atoms with Crippen LogP contribution in [0.1, 0.15) is 29.6 Å². The first-order valence-corrected chi connectivity index (χ1v) is 15.0. The third-order valence-electron chi connectivity index (χ3n) is 6.19. The number of benzene rings is 2. The Morgan fingerprint density at radius 1 is 0.976 bits per heavy atom.